The number of amides is 1. The number of hydrogen-bond acceptors (Lipinski definition) is 8. The predicted octanol–water partition coefficient (Wildman–Crippen LogP) is 3.20. The van der Waals surface area contributed by atoms with Gasteiger partial charge in [0.2, 0.25) is 11.9 Å². The van der Waals surface area contributed by atoms with Crippen molar-refractivity contribution in [1.82, 2.24) is 24.4 Å². The number of carbonyl (C=O) groups is 1. The molecule has 4 rings (SSSR count). The number of rotatable bonds is 10. The summed E-state index contributed by atoms with van der Waals surface area (Å²) < 4.78 is 7.46. The Morgan fingerprint density at radius 1 is 1.21 bits per heavy atom. The number of H-pyrrole nitrogens is 1. The lowest BCUT2D eigenvalue weighted by atomic mass is 10.1. The van der Waals surface area contributed by atoms with Crippen molar-refractivity contribution < 1.29 is 9.53 Å². The monoisotopic (exact) mass is 516 g/mol. The minimum atomic E-state index is -0.327. The molecule has 0 bridgehead atoms. The van der Waals surface area contributed by atoms with Gasteiger partial charge >= 0.3 is 0 Å². The minimum Gasteiger partial charge on any atom is -0.494 e. The first-order valence-corrected chi connectivity index (χ1v) is 12.0. The Bertz CT molecular complexity index is 1540. The lowest BCUT2D eigenvalue weighted by molar-refractivity contribution is -0.111. The molecule has 0 spiro atoms. The number of anilines is 4. The van der Waals surface area contributed by atoms with E-state index < -0.39 is 0 Å². The molecule has 1 aromatic carbocycles. The molecule has 3 heterocycles. The van der Waals surface area contributed by atoms with Gasteiger partial charge in [0.25, 0.3) is 5.56 Å². The van der Waals surface area contributed by atoms with Gasteiger partial charge in [-0.25, -0.2) is 9.97 Å². The molecule has 0 unspecified atom stereocenters. The average Bonchev–Trinajstić information content (AvgIpc) is 3.30. The SMILES string of the molecule is C=CC(=O)Nc1cc(Nc2nccc(-c3c[nH]c(=O)c4c3ccn4C)n2)c(OC)cc1N(C)CCN(C)C. The first-order chi connectivity index (χ1) is 18.2. The van der Waals surface area contributed by atoms with Crippen LogP contribution in [-0.4, -0.2) is 71.7 Å². The summed E-state index contributed by atoms with van der Waals surface area (Å²) in [4.78, 5) is 40.5. The molecule has 0 saturated carbocycles. The summed E-state index contributed by atoms with van der Waals surface area (Å²) >= 11 is 0. The molecule has 0 aliphatic rings. The van der Waals surface area contributed by atoms with E-state index in [2.05, 4.69) is 37.1 Å². The molecule has 198 valence electrons. The molecule has 0 aliphatic carbocycles. The van der Waals surface area contributed by atoms with Crippen molar-refractivity contribution in [3.63, 3.8) is 0 Å². The summed E-state index contributed by atoms with van der Waals surface area (Å²) in [5.74, 6) is 0.550. The molecule has 0 fully saturated rings. The van der Waals surface area contributed by atoms with E-state index in [0.29, 0.717) is 34.3 Å². The number of carbonyl (C=O) groups excluding carboxylic acids is 1. The Balaban J connectivity index is 1.72. The van der Waals surface area contributed by atoms with Crippen molar-refractivity contribution in [3.8, 4) is 17.0 Å². The fourth-order valence-electron chi connectivity index (χ4n) is 4.12. The Morgan fingerprint density at radius 2 is 2.00 bits per heavy atom. The van der Waals surface area contributed by atoms with Gasteiger partial charge in [0.1, 0.15) is 11.3 Å². The third-order valence-corrected chi connectivity index (χ3v) is 6.16. The van der Waals surface area contributed by atoms with E-state index in [1.54, 1.807) is 36.2 Å². The zero-order valence-corrected chi connectivity index (χ0v) is 22.2. The molecule has 11 heteroatoms. The number of pyridine rings is 1. The van der Waals surface area contributed by atoms with Crippen molar-refractivity contribution in [2.45, 2.75) is 0 Å². The summed E-state index contributed by atoms with van der Waals surface area (Å²) in [6, 6.07) is 7.31. The first kappa shape index (κ1) is 26.4. The smallest absolute Gasteiger partial charge is 0.272 e. The van der Waals surface area contributed by atoms with Crippen LogP contribution in [0, 0.1) is 0 Å². The quantitative estimate of drug-likeness (QED) is 0.275. The molecule has 0 radical (unpaired) electrons. The molecule has 0 saturated heterocycles. The van der Waals surface area contributed by atoms with Gasteiger partial charge in [-0.2, -0.15) is 0 Å². The van der Waals surface area contributed by atoms with Crippen LogP contribution in [0.25, 0.3) is 22.2 Å². The largest absolute Gasteiger partial charge is 0.494 e. The Hall–Kier alpha value is -4.64. The summed E-state index contributed by atoms with van der Waals surface area (Å²) in [5, 5.41) is 6.89. The molecule has 4 aromatic rings. The van der Waals surface area contributed by atoms with Crippen molar-refractivity contribution in [3.05, 3.63) is 65.9 Å². The van der Waals surface area contributed by atoms with Gasteiger partial charge in [0.05, 0.1) is 29.9 Å². The van der Waals surface area contributed by atoms with Crippen LogP contribution in [0.3, 0.4) is 0 Å². The first-order valence-electron chi connectivity index (χ1n) is 12.0. The molecular formula is C27H32N8O3. The van der Waals surface area contributed by atoms with Crippen molar-refractivity contribution in [2.75, 3.05) is 56.9 Å². The summed E-state index contributed by atoms with van der Waals surface area (Å²) in [6.45, 7) is 5.13. The number of aryl methyl sites for hydroxylation is 1. The summed E-state index contributed by atoms with van der Waals surface area (Å²) in [6.07, 6.45) is 6.35. The number of aromatic amines is 1. The van der Waals surface area contributed by atoms with Crippen LogP contribution < -0.4 is 25.8 Å². The van der Waals surface area contributed by atoms with Crippen LogP contribution >= 0.6 is 0 Å². The fraction of sp³-hybridized carbons (Fsp3) is 0.259. The second-order valence-corrected chi connectivity index (χ2v) is 9.10. The number of likely N-dealkylation sites (N-methyl/N-ethyl adjacent to an activating group) is 2. The van der Waals surface area contributed by atoms with Gasteiger partial charge in [-0.1, -0.05) is 6.58 Å². The highest BCUT2D eigenvalue weighted by atomic mass is 16.5. The third kappa shape index (κ3) is 5.52. The van der Waals surface area contributed by atoms with Crippen molar-refractivity contribution in [1.29, 1.82) is 0 Å². The zero-order valence-electron chi connectivity index (χ0n) is 22.2. The Labute approximate surface area is 220 Å². The third-order valence-electron chi connectivity index (χ3n) is 6.16. The molecule has 3 N–H and O–H groups in total. The highest BCUT2D eigenvalue weighted by Gasteiger charge is 2.17. The summed E-state index contributed by atoms with van der Waals surface area (Å²) in [7, 11) is 9.37. The second kappa shape index (κ2) is 11.2. The maximum Gasteiger partial charge on any atom is 0.272 e. The highest BCUT2D eigenvalue weighted by Crippen LogP contribution is 2.38. The Morgan fingerprint density at radius 3 is 2.71 bits per heavy atom. The van der Waals surface area contributed by atoms with Crippen molar-refractivity contribution in [2.24, 2.45) is 7.05 Å². The molecular weight excluding hydrogens is 484 g/mol. The van der Waals surface area contributed by atoms with E-state index in [0.717, 1.165) is 29.7 Å². The number of nitrogens with one attached hydrogen (secondary N) is 3. The second-order valence-electron chi connectivity index (χ2n) is 9.10. The zero-order chi connectivity index (χ0) is 27.4. The lowest BCUT2D eigenvalue weighted by Crippen LogP contribution is -2.29. The van der Waals surface area contributed by atoms with Crippen LogP contribution in [0.1, 0.15) is 0 Å². The Kier molecular flexibility index (Phi) is 7.77. The van der Waals surface area contributed by atoms with Gasteiger partial charge < -0.3 is 34.7 Å². The van der Waals surface area contributed by atoms with E-state index in [9.17, 15) is 9.59 Å². The van der Waals surface area contributed by atoms with Gasteiger partial charge in [-0.15, -0.1) is 0 Å². The number of fused-ring (bicyclic) bond motifs is 1. The standard InChI is InChI=1S/C27H32N8O3/c1-7-24(36)30-20-14-21(23(38-6)15-22(20)34(4)13-12-33(2)3)32-27-28-10-8-19(31-27)18-16-29-26(37)25-17(18)9-11-35(25)5/h7-11,14-16H,1,12-13H2,2-6H3,(H,29,37)(H,30,36)(H,28,31,32). The summed E-state index contributed by atoms with van der Waals surface area (Å²) in [5.41, 5.74) is 3.75. The van der Waals surface area contributed by atoms with Gasteiger partial charge in [0.15, 0.2) is 0 Å². The van der Waals surface area contributed by atoms with Gasteiger partial charge in [-0.05, 0) is 38.4 Å². The van der Waals surface area contributed by atoms with Crippen LogP contribution in [0.15, 0.2) is 60.3 Å². The molecule has 0 aliphatic heterocycles. The van der Waals surface area contributed by atoms with Crippen molar-refractivity contribution >= 4 is 39.8 Å². The lowest BCUT2D eigenvalue weighted by Gasteiger charge is -2.26. The normalized spacial score (nSPS) is 11.0. The van der Waals surface area contributed by atoms with Crippen LogP contribution in [0.4, 0.5) is 23.0 Å². The number of methoxy groups -OCH3 is 1. The molecule has 1 amide bonds. The average molecular weight is 517 g/mol. The highest BCUT2D eigenvalue weighted by molar-refractivity contribution is 6.02. The minimum absolute atomic E-state index is 0.168. The maximum absolute atomic E-state index is 12.3. The number of ether oxygens (including phenoxy) is 1. The molecule has 38 heavy (non-hydrogen) atoms. The number of hydrogen-bond donors (Lipinski definition) is 3. The van der Waals surface area contributed by atoms with E-state index in [1.165, 1.54) is 6.08 Å². The van der Waals surface area contributed by atoms with E-state index >= 15 is 0 Å². The van der Waals surface area contributed by atoms with Crippen LogP contribution in [-0.2, 0) is 11.8 Å². The molecule has 11 nitrogen and oxygen atoms in total. The van der Waals surface area contributed by atoms with E-state index in [-0.39, 0.29) is 11.5 Å². The number of benzene rings is 1. The van der Waals surface area contributed by atoms with E-state index in [4.69, 9.17) is 4.74 Å². The number of nitrogens with zero attached hydrogens (tertiary/aromatic N) is 5. The van der Waals surface area contributed by atoms with Crippen LogP contribution in [0.5, 0.6) is 5.75 Å². The maximum atomic E-state index is 12.3. The molecule has 0 atom stereocenters. The fourth-order valence-corrected chi connectivity index (χ4v) is 4.12. The topological polar surface area (TPSA) is 120 Å². The van der Waals surface area contributed by atoms with E-state index in [1.807, 2.05) is 51.4 Å². The van der Waals surface area contributed by atoms with Gasteiger partial charge in [0, 0.05) is 62.8 Å². The van der Waals surface area contributed by atoms with Crippen LogP contribution in [0.2, 0.25) is 0 Å². The molecule has 3 aromatic heterocycles. The predicted molar refractivity (Wildman–Crippen MR) is 151 cm³/mol. The number of aromatic nitrogens is 4. The van der Waals surface area contributed by atoms with Gasteiger partial charge in [-0.3, -0.25) is 9.59 Å².